The third-order valence-corrected chi connectivity index (χ3v) is 3.82. The zero-order valence-corrected chi connectivity index (χ0v) is 11.2. The average molecular weight is 296 g/mol. The van der Waals surface area contributed by atoms with Gasteiger partial charge in [0.25, 0.3) is 0 Å². The van der Waals surface area contributed by atoms with Crippen molar-refractivity contribution in [3.05, 3.63) is 32.7 Å². The summed E-state index contributed by atoms with van der Waals surface area (Å²) in [6.45, 7) is 3.90. The van der Waals surface area contributed by atoms with Crippen LogP contribution >= 0.6 is 15.9 Å². The van der Waals surface area contributed by atoms with Gasteiger partial charge in [0, 0.05) is 11.0 Å². The lowest BCUT2D eigenvalue weighted by molar-refractivity contribution is 0.545. The molecule has 0 amide bonds. The van der Waals surface area contributed by atoms with E-state index in [4.69, 9.17) is 0 Å². The number of halogens is 1. The van der Waals surface area contributed by atoms with Gasteiger partial charge in [0.2, 0.25) is 0 Å². The molecule has 1 fully saturated rings. The monoisotopic (exact) mass is 295 g/mol. The maximum Gasteiger partial charge on any atom is 0.326 e. The Morgan fingerprint density at radius 2 is 2.29 bits per heavy atom. The van der Waals surface area contributed by atoms with Gasteiger partial charge in [-0.2, -0.15) is 0 Å². The Kier molecular flexibility index (Phi) is 2.60. The minimum atomic E-state index is -0.00472. The van der Waals surface area contributed by atoms with Crippen LogP contribution in [0.4, 0.5) is 0 Å². The van der Waals surface area contributed by atoms with Crippen LogP contribution in [0.15, 0.2) is 21.4 Å². The molecule has 4 nitrogen and oxygen atoms in total. The van der Waals surface area contributed by atoms with Crippen molar-refractivity contribution in [3.8, 4) is 0 Å². The fraction of sp³-hybridized carbons (Fsp3) is 0.417. The van der Waals surface area contributed by atoms with Crippen molar-refractivity contribution in [2.24, 2.45) is 0 Å². The molecule has 1 unspecified atom stereocenters. The molecule has 1 aliphatic heterocycles. The SMILES string of the molecule is Cc1cc(Br)cc2[nH]c(=O)n(C3CCNC3)c12. The summed E-state index contributed by atoms with van der Waals surface area (Å²) in [4.78, 5) is 15.0. The normalized spacial score (nSPS) is 20.2. The van der Waals surface area contributed by atoms with Crippen LogP contribution in [-0.4, -0.2) is 22.6 Å². The van der Waals surface area contributed by atoms with Crippen molar-refractivity contribution in [1.29, 1.82) is 0 Å². The Bertz CT molecular complexity index is 622. The number of benzene rings is 1. The van der Waals surface area contributed by atoms with Gasteiger partial charge >= 0.3 is 5.69 Å². The van der Waals surface area contributed by atoms with E-state index in [1.807, 2.05) is 17.6 Å². The molecular formula is C12H14BrN3O. The molecule has 1 saturated heterocycles. The van der Waals surface area contributed by atoms with Gasteiger partial charge in [-0.3, -0.25) is 4.57 Å². The fourth-order valence-corrected chi connectivity index (χ4v) is 3.21. The van der Waals surface area contributed by atoms with Gasteiger partial charge < -0.3 is 10.3 Å². The first kappa shape index (κ1) is 11.0. The molecule has 0 aliphatic carbocycles. The van der Waals surface area contributed by atoms with E-state index in [-0.39, 0.29) is 11.7 Å². The Balaban J connectivity index is 2.30. The molecule has 90 valence electrons. The topological polar surface area (TPSA) is 49.8 Å². The van der Waals surface area contributed by atoms with E-state index in [0.29, 0.717) is 0 Å². The van der Waals surface area contributed by atoms with Crippen LogP contribution in [0.1, 0.15) is 18.0 Å². The Morgan fingerprint density at radius 3 is 3.00 bits per heavy atom. The van der Waals surface area contributed by atoms with Gasteiger partial charge in [-0.05, 0) is 37.6 Å². The van der Waals surface area contributed by atoms with E-state index in [9.17, 15) is 4.79 Å². The number of nitrogens with one attached hydrogen (secondary N) is 2. The highest BCUT2D eigenvalue weighted by atomic mass is 79.9. The summed E-state index contributed by atoms with van der Waals surface area (Å²) in [7, 11) is 0. The number of rotatable bonds is 1. The van der Waals surface area contributed by atoms with Gasteiger partial charge in [-0.25, -0.2) is 4.79 Å². The molecule has 2 N–H and O–H groups in total. The number of hydrogen-bond donors (Lipinski definition) is 2. The van der Waals surface area contributed by atoms with Crippen LogP contribution in [0, 0.1) is 6.92 Å². The smallest absolute Gasteiger partial charge is 0.315 e. The third kappa shape index (κ3) is 1.73. The van der Waals surface area contributed by atoms with Gasteiger partial charge in [-0.15, -0.1) is 0 Å². The van der Waals surface area contributed by atoms with E-state index in [1.54, 1.807) is 0 Å². The van der Waals surface area contributed by atoms with Gasteiger partial charge in [-0.1, -0.05) is 15.9 Å². The number of aromatic nitrogens is 2. The van der Waals surface area contributed by atoms with E-state index < -0.39 is 0 Å². The molecule has 0 saturated carbocycles. The van der Waals surface area contributed by atoms with Crippen LogP contribution in [-0.2, 0) is 0 Å². The quantitative estimate of drug-likeness (QED) is 0.845. The number of hydrogen-bond acceptors (Lipinski definition) is 2. The molecule has 3 rings (SSSR count). The van der Waals surface area contributed by atoms with Crippen LogP contribution in [0.5, 0.6) is 0 Å². The van der Waals surface area contributed by atoms with E-state index in [1.165, 1.54) is 0 Å². The highest BCUT2D eigenvalue weighted by Crippen LogP contribution is 2.25. The zero-order chi connectivity index (χ0) is 12.0. The standard InChI is InChI=1S/C12H14BrN3O/c1-7-4-8(13)5-10-11(7)16(12(17)15-10)9-2-3-14-6-9/h4-5,9,14H,2-3,6H2,1H3,(H,15,17). The summed E-state index contributed by atoms with van der Waals surface area (Å²) in [6.07, 6.45) is 1.02. The van der Waals surface area contributed by atoms with Crippen molar-refractivity contribution in [1.82, 2.24) is 14.9 Å². The lowest BCUT2D eigenvalue weighted by Gasteiger charge is -2.12. The molecule has 0 spiro atoms. The first-order valence-corrected chi connectivity index (χ1v) is 6.57. The maximum atomic E-state index is 12.1. The molecular weight excluding hydrogens is 282 g/mol. The lowest BCUT2D eigenvalue weighted by Crippen LogP contribution is -2.24. The van der Waals surface area contributed by atoms with Crippen LogP contribution < -0.4 is 11.0 Å². The number of aromatic amines is 1. The molecule has 2 heterocycles. The first-order valence-electron chi connectivity index (χ1n) is 5.78. The minimum Gasteiger partial charge on any atom is -0.315 e. The minimum absolute atomic E-state index is 0.00472. The van der Waals surface area contributed by atoms with Gasteiger partial charge in [0.1, 0.15) is 0 Å². The van der Waals surface area contributed by atoms with Crippen molar-refractivity contribution in [2.45, 2.75) is 19.4 Å². The highest BCUT2D eigenvalue weighted by Gasteiger charge is 2.21. The van der Waals surface area contributed by atoms with E-state index in [0.717, 1.165) is 40.6 Å². The number of H-pyrrole nitrogens is 1. The second-order valence-corrected chi connectivity index (χ2v) is 5.48. The largest absolute Gasteiger partial charge is 0.326 e. The molecule has 0 bridgehead atoms. The van der Waals surface area contributed by atoms with Crippen molar-refractivity contribution in [3.63, 3.8) is 0 Å². The molecule has 1 aromatic heterocycles. The fourth-order valence-electron chi connectivity index (χ4n) is 2.64. The predicted octanol–water partition coefficient (Wildman–Crippen LogP) is 1.93. The third-order valence-electron chi connectivity index (χ3n) is 3.37. The molecule has 1 aliphatic rings. The molecule has 1 aromatic carbocycles. The summed E-state index contributed by atoms with van der Waals surface area (Å²) in [6, 6.07) is 4.29. The van der Waals surface area contributed by atoms with E-state index in [2.05, 4.69) is 32.3 Å². The highest BCUT2D eigenvalue weighted by molar-refractivity contribution is 9.10. The number of imidazole rings is 1. The van der Waals surface area contributed by atoms with E-state index >= 15 is 0 Å². The summed E-state index contributed by atoms with van der Waals surface area (Å²) in [5.41, 5.74) is 3.07. The Labute approximate surface area is 107 Å². The van der Waals surface area contributed by atoms with Crippen molar-refractivity contribution >= 4 is 27.0 Å². The summed E-state index contributed by atoms with van der Waals surface area (Å²) in [5, 5.41) is 3.30. The number of fused-ring (bicyclic) bond motifs is 1. The predicted molar refractivity (Wildman–Crippen MR) is 71.5 cm³/mol. The Hall–Kier alpha value is -1.07. The summed E-state index contributed by atoms with van der Waals surface area (Å²) in [5.74, 6) is 0. The molecule has 1 atom stereocenters. The van der Waals surface area contributed by atoms with Gasteiger partial charge in [0.05, 0.1) is 17.1 Å². The summed E-state index contributed by atoms with van der Waals surface area (Å²) < 4.78 is 2.90. The van der Waals surface area contributed by atoms with Crippen molar-refractivity contribution in [2.75, 3.05) is 13.1 Å². The lowest BCUT2D eigenvalue weighted by atomic mass is 10.2. The van der Waals surface area contributed by atoms with Crippen molar-refractivity contribution < 1.29 is 0 Å². The number of aryl methyl sites for hydroxylation is 1. The van der Waals surface area contributed by atoms with Crippen LogP contribution in [0.25, 0.3) is 11.0 Å². The summed E-state index contributed by atoms with van der Waals surface area (Å²) >= 11 is 3.46. The zero-order valence-electron chi connectivity index (χ0n) is 9.59. The van der Waals surface area contributed by atoms with Crippen LogP contribution in [0.3, 0.4) is 0 Å². The maximum absolute atomic E-state index is 12.1. The second-order valence-electron chi connectivity index (χ2n) is 4.57. The molecule has 17 heavy (non-hydrogen) atoms. The Morgan fingerprint density at radius 1 is 1.47 bits per heavy atom. The average Bonchev–Trinajstić information content (AvgIpc) is 2.83. The first-order chi connectivity index (χ1) is 8.16. The second kappa shape index (κ2) is 3.99. The number of nitrogens with zero attached hydrogens (tertiary/aromatic N) is 1. The molecule has 0 radical (unpaired) electrons. The molecule has 5 heteroatoms. The molecule has 2 aromatic rings. The van der Waals surface area contributed by atoms with Gasteiger partial charge in [0.15, 0.2) is 0 Å². The van der Waals surface area contributed by atoms with Crippen LogP contribution in [0.2, 0.25) is 0 Å².